The lowest BCUT2D eigenvalue weighted by Gasteiger charge is -2.06. The van der Waals surface area contributed by atoms with Crippen molar-refractivity contribution in [2.45, 2.75) is 19.8 Å². The van der Waals surface area contributed by atoms with Gasteiger partial charge in [-0.25, -0.2) is 10.2 Å². The average molecular weight is 226 g/mol. The van der Waals surface area contributed by atoms with Crippen LogP contribution in [0.4, 0.5) is 4.79 Å². The van der Waals surface area contributed by atoms with E-state index in [1.807, 2.05) is 0 Å². The topological polar surface area (TPSA) is 80.6 Å². The molecule has 0 radical (unpaired) electrons. The molecule has 0 aliphatic carbocycles. The highest BCUT2D eigenvalue weighted by atomic mass is 16.5. The standard InChI is InChI=1S/C10H14N2O4/c1-2-15-10(14)12-11-9(13)6-5-8-4-3-7-16-8/h3-4,7H,2,5-6H2,1H3,(H,11,13)(H,12,14). The Morgan fingerprint density at radius 2 is 2.25 bits per heavy atom. The number of nitrogens with one attached hydrogen (secondary N) is 2. The molecular formula is C10H14N2O4. The van der Waals surface area contributed by atoms with Crippen LogP contribution in [0.15, 0.2) is 22.8 Å². The van der Waals surface area contributed by atoms with Crippen molar-refractivity contribution in [3.63, 3.8) is 0 Å². The lowest BCUT2D eigenvalue weighted by Crippen LogP contribution is -2.41. The second kappa shape index (κ2) is 6.49. The Labute approximate surface area is 92.9 Å². The van der Waals surface area contributed by atoms with Gasteiger partial charge in [-0.2, -0.15) is 0 Å². The molecule has 1 aromatic rings. The number of furan rings is 1. The van der Waals surface area contributed by atoms with Crippen LogP contribution in [0, 0.1) is 0 Å². The molecule has 0 bridgehead atoms. The van der Waals surface area contributed by atoms with Gasteiger partial charge in [0.05, 0.1) is 12.9 Å². The van der Waals surface area contributed by atoms with Crippen molar-refractivity contribution in [3.05, 3.63) is 24.2 Å². The van der Waals surface area contributed by atoms with E-state index in [0.29, 0.717) is 6.42 Å². The van der Waals surface area contributed by atoms with Gasteiger partial charge in [0.25, 0.3) is 0 Å². The van der Waals surface area contributed by atoms with Crippen molar-refractivity contribution in [2.24, 2.45) is 0 Å². The average Bonchev–Trinajstić information content (AvgIpc) is 2.77. The molecule has 1 heterocycles. The smallest absolute Gasteiger partial charge is 0.426 e. The van der Waals surface area contributed by atoms with E-state index in [1.165, 1.54) is 0 Å². The van der Waals surface area contributed by atoms with E-state index in [2.05, 4.69) is 15.6 Å². The second-order valence-corrected chi connectivity index (χ2v) is 2.97. The van der Waals surface area contributed by atoms with Crippen LogP contribution in [0.3, 0.4) is 0 Å². The second-order valence-electron chi connectivity index (χ2n) is 2.97. The van der Waals surface area contributed by atoms with Gasteiger partial charge in [-0.1, -0.05) is 0 Å². The molecule has 0 unspecified atom stereocenters. The zero-order chi connectivity index (χ0) is 11.8. The highest BCUT2D eigenvalue weighted by Crippen LogP contribution is 2.02. The molecule has 0 aromatic carbocycles. The summed E-state index contributed by atoms with van der Waals surface area (Å²) in [4.78, 5) is 22.0. The minimum absolute atomic E-state index is 0.236. The Morgan fingerprint density at radius 1 is 1.44 bits per heavy atom. The zero-order valence-electron chi connectivity index (χ0n) is 8.99. The van der Waals surface area contributed by atoms with Crippen LogP contribution in [-0.4, -0.2) is 18.6 Å². The molecular weight excluding hydrogens is 212 g/mol. The molecule has 16 heavy (non-hydrogen) atoms. The van der Waals surface area contributed by atoms with E-state index in [1.54, 1.807) is 25.3 Å². The van der Waals surface area contributed by atoms with Crippen molar-refractivity contribution in [1.82, 2.24) is 10.9 Å². The summed E-state index contributed by atoms with van der Waals surface area (Å²) in [7, 11) is 0. The fraction of sp³-hybridized carbons (Fsp3) is 0.400. The first-order chi connectivity index (χ1) is 7.72. The molecule has 0 aliphatic heterocycles. The van der Waals surface area contributed by atoms with Gasteiger partial charge in [-0.3, -0.25) is 10.2 Å². The van der Waals surface area contributed by atoms with Crippen molar-refractivity contribution in [1.29, 1.82) is 0 Å². The SMILES string of the molecule is CCOC(=O)NNC(=O)CCc1ccco1. The van der Waals surface area contributed by atoms with Gasteiger partial charge < -0.3 is 9.15 Å². The van der Waals surface area contributed by atoms with Gasteiger partial charge in [0.1, 0.15) is 5.76 Å². The third kappa shape index (κ3) is 4.50. The number of amides is 2. The summed E-state index contributed by atoms with van der Waals surface area (Å²) in [6.07, 6.45) is 1.60. The Kier molecular flexibility index (Phi) is 4.91. The molecule has 0 atom stereocenters. The van der Waals surface area contributed by atoms with E-state index >= 15 is 0 Å². The maximum atomic E-state index is 11.2. The lowest BCUT2D eigenvalue weighted by molar-refractivity contribution is -0.122. The third-order valence-corrected chi connectivity index (χ3v) is 1.76. The number of rotatable bonds is 4. The van der Waals surface area contributed by atoms with Crippen molar-refractivity contribution in [3.8, 4) is 0 Å². The van der Waals surface area contributed by atoms with E-state index in [0.717, 1.165) is 5.76 Å². The van der Waals surface area contributed by atoms with Gasteiger partial charge in [-0.15, -0.1) is 0 Å². The van der Waals surface area contributed by atoms with Crippen LogP contribution in [0.2, 0.25) is 0 Å². The summed E-state index contributed by atoms with van der Waals surface area (Å²) in [5.41, 5.74) is 4.35. The van der Waals surface area contributed by atoms with E-state index < -0.39 is 6.09 Å². The predicted octanol–water partition coefficient (Wildman–Crippen LogP) is 0.989. The summed E-state index contributed by atoms with van der Waals surface area (Å²) in [6.45, 7) is 1.94. The number of carbonyl (C=O) groups is 2. The van der Waals surface area contributed by atoms with Crippen molar-refractivity contribution in [2.75, 3.05) is 6.61 Å². The number of ether oxygens (including phenoxy) is 1. The number of carbonyl (C=O) groups excluding carboxylic acids is 2. The summed E-state index contributed by atoms with van der Waals surface area (Å²) in [5.74, 6) is 0.427. The fourth-order valence-electron chi connectivity index (χ4n) is 1.04. The molecule has 1 aromatic heterocycles. The van der Waals surface area contributed by atoms with E-state index in [-0.39, 0.29) is 18.9 Å². The highest BCUT2D eigenvalue weighted by molar-refractivity contribution is 5.79. The minimum Gasteiger partial charge on any atom is -0.469 e. The summed E-state index contributed by atoms with van der Waals surface area (Å²) in [6, 6.07) is 3.54. The van der Waals surface area contributed by atoms with Crippen molar-refractivity contribution >= 4 is 12.0 Å². The normalized spacial score (nSPS) is 9.56. The third-order valence-electron chi connectivity index (χ3n) is 1.76. The van der Waals surface area contributed by atoms with Gasteiger partial charge in [0, 0.05) is 12.8 Å². The molecule has 0 saturated carbocycles. The Morgan fingerprint density at radius 3 is 2.88 bits per heavy atom. The maximum absolute atomic E-state index is 11.2. The Balaban J connectivity index is 2.14. The quantitative estimate of drug-likeness (QED) is 0.750. The number of hydrogen-bond donors (Lipinski definition) is 2. The zero-order valence-corrected chi connectivity index (χ0v) is 8.99. The molecule has 0 fully saturated rings. The highest BCUT2D eigenvalue weighted by Gasteiger charge is 2.05. The fourth-order valence-corrected chi connectivity index (χ4v) is 1.04. The van der Waals surface area contributed by atoms with Gasteiger partial charge in [0.2, 0.25) is 5.91 Å². The summed E-state index contributed by atoms with van der Waals surface area (Å²) >= 11 is 0. The van der Waals surface area contributed by atoms with Gasteiger partial charge in [-0.05, 0) is 19.1 Å². The van der Waals surface area contributed by atoms with Crippen molar-refractivity contribution < 1.29 is 18.7 Å². The lowest BCUT2D eigenvalue weighted by atomic mass is 10.2. The molecule has 2 N–H and O–H groups in total. The molecule has 6 heteroatoms. The number of aryl methyl sites for hydroxylation is 1. The molecule has 6 nitrogen and oxygen atoms in total. The van der Waals surface area contributed by atoms with Crippen LogP contribution < -0.4 is 10.9 Å². The molecule has 2 amide bonds. The number of hydrogen-bond acceptors (Lipinski definition) is 4. The van der Waals surface area contributed by atoms with Crippen LogP contribution in [0.25, 0.3) is 0 Å². The van der Waals surface area contributed by atoms with Gasteiger partial charge in [0.15, 0.2) is 0 Å². The molecule has 1 rings (SSSR count). The molecule has 88 valence electrons. The molecule has 0 spiro atoms. The maximum Gasteiger partial charge on any atom is 0.426 e. The summed E-state index contributed by atoms with van der Waals surface area (Å²) < 4.78 is 9.62. The van der Waals surface area contributed by atoms with Gasteiger partial charge >= 0.3 is 6.09 Å². The van der Waals surface area contributed by atoms with Crippen LogP contribution >= 0.6 is 0 Å². The summed E-state index contributed by atoms with van der Waals surface area (Å²) in [5, 5.41) is 0. The largest absolute Gasteiger partial charge is 0.469 e. The van der Waals surface area contributed by atoms with Crippen LogP contribution in [0.1, 0.15) is 19.1 Å². The van der Waals surface area contributed by atoms with Crippen LogP contribution in [-0.2, 0) is 16.0 Å². The predicted molar refractivity (Wildman–Crippen MR) is 55.3 cm³/mol. The first-order valence-electron chi connectivity index (χ1n) is 4.96. The first kappa shape index (κ1) is 12.1. The van der Waals surface area contributed by atoms with E-state index in [4.69, 9.17) is 4.42 Å². The number of hydrazine groups is 1. The Bertz CT molecular complexity index is 335. The monoisotopic (exact) mass is 226 g/mol. The molecule has 0 aliphatic rings. The van der Waals surface area contributed by atoms with Crippen LogP contribution in [0.5, 0.6) is 0 Å². The minimum atomic E-state index is -0.672. The van der Waals surface area contributed by atoms with E-state index in [9.17, 15) is 9.59 Å². The first-order valence-corrected chi connectivity index (χ1v) is 4.96. The molecule has 0 saturated heterocycles. The Hall–Kier alpha value is -1.98.